The number of amides is 1. The minimum atomic E-state index is -0.0724. The van der Waals surface area contributed by atoms with Crippen LogP contribution in [-0.2, 0) is 17.6 Å². The second-order valence-electron chi connectivity index (χ2n) is 5.27. The molecule has 3 heteroatoms. The Labute approximate surface area is 124 Å². The summed E-state index contributed by atoms with van der Waals surface area (Å²) in [6, 6.07) is 18.0. The van der Waals surface area contributed by atoms with Gasteiger partial charge in [-0.05, 0) is 30.4 Å². The molecule has 1 amide bonds. The number of aryl methyl sites for hydroxylation is 1. The molecule has 106 valence electrons. The fourth-order valence-electron chi connectivity index (χ4n) is 2.67. The van der Waals surface area contributed by atoms with Gasteiger partial charge in [-0.15, -0.1) is 0 Å². The van der Waals surface area contributed by atoms with Gasteiger partial charge in [-0.25, -0.2) is 5.43 Å². The second kappa shape index (κ2) is 6.35. The summed E-state index contributed by atoms with van der Waals surface area (Å²) in [4.78, 5) is 11.9. The third-order valence-corrected chi connectivity index (χ3v) is 3.71. The molecule has 0 aromatic heterocycles. The molecule has 1 aliphatic carbocycles. The van der Waals surface area contributed by atoms with E-state index in [0.29, 0.717) is 6.42 Å². The normalized spacial score (nSPS) is 15.5. The van der Waals surface area contributed by atoms with Crippen LogP contribution in [-0.4, -0.2) is 11.6 Å². The van der Waals surface area contributed by atoms with Crippen LogP contribution in [0, 0.1) is 0 Å². The Hall–Kier alpha value is -2.42. The number of fused-ring (bicyclic) bond motifs is 1. The molecule has 0 spiro atoms. The molecular weight excluding hydrogens is 260 g/mol. The SMILES string of the molecule is O=C(Cc1ccccc1)NN=C1CCCc2ccccc21. The highest BCUT2D eigenvalue weighted by molar-refractivity contribution is 6.03. The van der Waals surface area contributed by atoms with E-state index in [0.717, 1.165) is 30.5 Å². The summed E-state index contributed by atoms with van der Waals surface area (Å²) >= 11 is 0. The van der Waals surface area contributed by atoms with Gasteiger partial charge < -0.3 is 0 Å². The van der Waals surface area contributed by atoms with Gasteiger partial charge in [0.05, 0.1) is 12.1 Å². The first-order valence-corrected chi connectivity index (χ1v) is 7.30. The summed E-state index contributed by atoms with van der Waals surface area (Å²) < 4.78 is 0. The summed E-state index contributed by atoms with van der Waals surface area (Å²) in [6.07, 6.45) is 3.46. The average molecular weight is 278 g/mol. The molecule has 0 radical (unpaired) electrons. The molecular formula is C18H18N2O. The molecule has 0 saturated heterocycles. The van der Waals surface area contributed by atoms with Crippen molar-refractivity contribution in [3.8, 4) is 0 Å². The molecule has 3 rings (SSSR count). The molecule has 0 atom stereocenters. The predicted octanol–water partition coefficient (Wildman–Crippen LogP) is 3.09. The average Bonchev–Trinajstić information content (AvgIpc) is 2.54. The number of hydrogen-bond acceptors (Lipinski definition) is 2. The third-order valence-electron chi connectivity index (χ3n) is 3.71. The van der Waals surface area contributed by atoms with Crippen molar-refractivity contribution in [1.29, 1.82) is 0 Å². The van der Waals surface area contributed by atoms with E-state index in [1.54, 1.807) is 0 Å². The summed E-state index contributed by atoms with van der Waals surface area (Å²) in [5, 5.41) is 4.34. The highest BCUT2D eigenvalue weighted by Crippen LogP contribution is 2.21. The van der Waals surface area contributed by atoms with Crippen LogP contribution in [0.5, 0.6) is 0 Å². The van der Waals surface area contributed by atoms with E-state index in [1.165, 1.54) is 11.1 Å². The van der Waals surface area contributed by atoms with E-state index in [9.17, 15) is 4.79 Å². The van der Waals surface area contributed by atoms with Crippen molar-refractivity contribution >= 4 is 11.6 Å². The maximum absolute atomic E-state index is 11.9. The number of nitrogens with one attached hydrogen (secondary N) is 1. The number of nitrogens with zero attached hydrogens (tertiary/aromatic N) is 1. The number of rotatable bonds is 3. The van der Waals surface area contributed by atoms with Crippen molar-refractivity contribution in [2.75, 3.05) is 0 Å². The molecule has 2 aromatic rings. The zero-order valence-corrected chi connectivity index (χ0v) is 11.9. The number of benzene rings is 2. The lowest BCUT2D eigenvalue weighted by Gasteiger charge is -2.17. The second-order valence-corrected chi connectivity index (χ2v) is 5.27. The molecule has 21 heavy (non-hydrogen) atoms. The first kappa shape index (κ1) is 13.6. The van der Waals surface area contributed by atoms with Crippen LogP contribution in [0.4, 0.5) is 0 Å². The van der Waals surface area contributed by atoms with E-state index in [2.05, 4.69) is 28.7 Å². The molecule has 0 bridgehead atoms. The molecule has 1 aliphatic rings. The van der Waals surface area contributed by atoms with Crippen LogP contribution < -0.4 is 5.43 Å². The lowest BCUT2D eigenvalue weighted by atomic mass is 9.90. The van der Waals surface area contributed by atoms with Crippen LogP contribution in [0.2, 0.25) is 0 Å². The van der Waals surface area contributed by atoms with Gasteiger partial charge in [-0.1, -0.05) is 54.6 Å². The lowest BCUT2D eigenvalue weighted by molar-refractivity contribution is -0.120. The maximum Gasteiger partial charge on any atom is 0.244 e. The Kier molecular flexibility index (Phi) is 4.10. The van der Waals surface area contributed by atoms with Crippen LogP contribution in [0.1, 0.15) is 29.5 Å². The van der Waals surface area contributed by atoms with Crippen LogP contribution >= 0.6 is 0 Å². The highest BCUT2D eigenvalue weighted by Gasteiger charge is 2.15. The minimum Gasteiger partial charge on any atom is -0.273 e. The largest absolute Gasteiger partial charge is 0.273 e. The van der Waals surface area contributed by atoms with Crippen molar-refractivity contribution < 1.29 is 4.79 Å². The fraction of sp³-hybridized carbons (Fsp3) is 0.222. The Morgan fingerprint density at radius 2 is 1.76 bits per heavy atom. The number of hydrogen-bond donors (Lipinski definition) is 1. The van der Waals surface area contributed by atoms with Gasteiger partial charge >= 0.3 is 0 Å². The first-order valence-electron chi connectivity index (χ1n) is 7.30. The standard InChI is InChI=1S/C18H18N2O/c21-18(13-14-7-2-1-3-8-14)20-19-17-12-6-10-15-9-4-5-11-16(15)17/h1-5,7-9,11H,6,10,12-13H2,(H,20,21). The van der Waals surface area contributed by atoms with Crippen LogP contribution in [0.15, 0.2) is 59.7 Å². The van der Waals surface area contributed by atoms with Crippen LogP contribution in [0.25, 0.3) is 0 Å². The van der Waals surface area contributed by atoms with E-state index in [4.69, 9.17) is 0 Å². The van der Waals surface area contributed by atoms with Gasteiger partial charge in [0.1, 0.15) is 0 Å². The van der Waals surface area contributed by atoms with Crippen molar-refractivity contribution in [2.45, 2.75) is 25.7 Å². The third kappa shape index (κ3) is 3.37. The van der Waals surface area contributed by atoms with E-state index >= 15 is 0 Å². The van der Waals surface area contributed by atoms with Gasteiger partial charge in [0, 0.05) is 5.56 Å². The summed E-state index contributed by atoms with van der Waals surface area (Å²) in [5.41, 5.74) is 7.16. The number of carbonyl (C=O) groups is 1. The van der Waals surface area contributed by atoms with Gasteiger partial charge in [-0.3, -0.25) is 4.79 Å². The van der Waals surface area contributed by atoms with Crippen molar-refractivity contribution in [1.82, 2.24) is 5.43 Å². The Morgan fingerprint density at radius 1 is 1.00 bits per heavy atom. The molecule has 3 nitrogen and oxygen atoms in total. The minimum absolute atomic E-state index is 0.0724. The molecule has 0 fully saturated rings. The van der Waals surface area contributed by atoms with Gasteiger partial charge in [-0.2, -0.15) is 5.10 Å². The van der Waals surface area contributed by atoms with Gasteiger partial charge in [0.15, 0.2) is 0 Å². The monoisotopic (exact) mass is 278 g/mol. The zero-order valence-electron chi connectivity index (χ0n) is 11.9. The van der Waals surface area contributed by atoms with E-state index in [-0.39, 0.29) is 5.91 Å². The maximum atomic E-state index is 11.9. The number of hydrazone groups is 1. The zero-order chi connectivity index (χ0) is 14.5. The summed E-state index contributed by atoms with van der Waals surface area (Å²) in [6.45, 7) is 0. The topological polar surface area (TPSA) is 41.5 Å². The first-order chi connectivity index (χ1) is 10.3. The molecule has 0 unspecified atom stereocenters. The van der Waals surface area contributed by atoms with Crippen LogP contribution in [0.3, 0.4) is 0 Å². The van der Waals surface area contributed by atoms with E-state index in [1.807, 2.05) is 36.4 Å². The van der Waals surface area contributed by atoms with Gasteiger partial charge in [0.25, 0.3) is 0 Å². The van der Waals surface area contributed by atoms with Gasteiger partial charge in [0.2, 0.25) is 5.91 Å². The number of carbonyl (C=O) groups excluding carboxylic acids is 1. The summed E-state index contributed by atoms with van der Waals surface area (Å²) in [5.74, 6) is -0.0724. The molecule has 0 aliphatic heterocycles. The Morgan fingerprint density at radius 3 is 2.62 bits per heavy atom. The smallest absolute Gasteiger partial charge is 0.244 e. The molecule has 2 aromatic carbocycles. The fourth-order valence-corrected chi connectivity index (χ4v) is 2.67. The molecule has 0 heterocycles. The predicted molar refractivity (Wildman–Crippen MR) is 84.2 cm³/mol. The molecule has 1 N–H and O–H groups in total. The van der Waals surface area contributed by atoms with Crippen molar-refractivity contribution in [2.24, 2.45) is 5.10 Å². The van der Waals surface area contributed by atoms with Crippen molar-refractivity contribution in [3.63, 3.8) is 0 Å². The quantitative estimate of drug-likeness (QED) is 0.861. The van der Waals surface area contributed by atoms with E-state index < -0.39 is 0 Å². The van der Waals surface area contributed by atoms with Crippen molar-refractivity contribution in [3.05, 3.63) is 71.3 Å². The molecule has 0 saturated carbocycles. The summed E-state index contributed by atoms with van der Waals surface area (Å²) in [7, 11) is 0. The lowest BCUT2D eigenvalue weighted by Crippen LogP contribution is -2.23. The Balaban J connectivity index is 1.68. The highest BCUT2D eigenvalue weighted by atomic mass is 16.2. The Bertz CT molecular complexity index is 662.